The number of Topliss-reactive ketones (excluding diaryl/α,β-unsaturated/α-hetero) is 1. The zero-order valence-corrected chi connectivity index (χ0v) is 14.2. The quantitative estimate of drug-likeness (QED) is 0.776. The molecule has 2 heterocycles. The molecule has 0 spiro atoms. The summed E-state index contributed by atoms with van der Waals surface area (Å²) >= 11 is 3.47. The lowest BCUT2D eigenvalue weighted by Crippen LogP contribution is -2.41. The summed E-state index contributed by atoms with van der Waals surface area (Å²) in [5.41, 5.74) is 1.94. The molecule has 2 aliphatic rings. The second kappa shape index (κ2) is 6.49. The van der Waals surface area contributed by atoms with Crippen LogP contribution in [-0.2, 0) is 0 Å². The van der Waals surface area contributed by atoms with Crippen LogP contribution in [-0.4, -0.2) is 42.9 Å². The Morgan fingerprint density at radius 1 is 1.19 bits per heavy atom. The van der Waals surface area contributed by atoms with E-state index in [2.05, 4.69) is 31.8 Å². The van der Waals surface area contributed by atoms with Gasteiger partial charge < -0.3 is 4.90 Å². The van der Waals surface area contributed by atoms with Gasteiger partial charge in [0.25, 0.3) is 0 Å². The molecule has 1 aromatic carbocycles. The van der Waals surface area contributed by atoms with Gasteiger partial charge in [0.05, 0.1) is 0 Å². The molecule has 0 aromatic heterocycles. The molecule has 1 aromatic rings. The molecule has 2 aliphatic heterocycles. The van der Waals surface area contributed by atoms with E-state index < -0.39 is 0 Å². The van der Waals surface area contributed by atoms with E-state index in [0.29, 0.717) is 6.04 Å². The van der Waals surface area contributed by atoms with E-state index >= 15 is 0 Å². The number of piperidine rings is 1. The van der Waals surface area contributed by atoms with Gasteiger partial charge >= 0.3 is 0 Å². The molecule has 0 aliphatic carbocycles. The van der Waals surface area contributed by atoms with E-state index in [1.54, 1.807) is 6.92 Å². The smallest absolute Gasteiger partial charge is 0.161 e. The summed E-state index contributed by atoms with van der Waals surface area (Å²) in [6, 6.07) is 6.73. The van der Waals surface area contributed by atoms with Crippen LogP contribution in [0.1, 0.15) is 43.0 Å². The van der Waals surface area contributed by atoms with Crippen LogP contribution in [0, 0.1) is 0 Å². The average molecular weight is 351 g/mol. The number of ketones is 1. The highest BCUT2D eigenvalue weighted by atomic mass is 79.9. The number of carbonyl (C=O) groups is 1. The van der Waals surface area contributed by atoms with Crippen LogP contribution in [0.2, 0.25) is 0 Å². The Morgan fingerprint density at radius 3 is 2.67 bits per heavy atom. The topological polar surface area (TPSA) is 23.6 Å². The molecular weight excluding hydrogens is 328 g/mol. The van der Waals surface area contributed by atoms with Crippen LogP contribution in [0.4, 0.5) is 5.69 Å². The first-order chi connectivity index (χ1) is 10.1. The molecule has 2 fully saturated rings. The first-order valence-corrected chi connectivity index (χ1v) is 8.74. The van der Waals surface area contributed by atoms with Crippen molar-refractivity contribution in [1.82, 2.24) is 4.90 Å². The van der Waals surface area contributed by atoms with Crippen LogP contribution in [0.3, 0.4) is 0 Å². The average Bonchev–Trinajstić information content (AvgIpc) is 2.97. The second-order valence-electron chi connectivity index (χ2n) is 6.20. The molecule has 0 N–H and O–H groups in total. The Balaban J connectivity index is 1.75. The van der Waals surface area contributed by atoms with Crippen LogP contribution < -0.4 is 4.90 Å². The maximum absolute atomic E-state index is 11.9. The Kier molecular flexibility index (Phi) is 4.65. The van der Waals surface area contributed by atoms with Gasteiger partial charge in [-0.05, 0) is 57.5 Å². The molecule has 0 saturated carbocycles. The van der Waals surface area contributed by atoms with Crippen molar-refractivity contribution in [3.05, 3.63) is 28.2 Å². The second-order valence-corrected chi connectivity index (χ2v) is 7.12. The van der Waals surface area contributed by atoms with E-state index in [1.807, 2.05) is 12.1 Å². The van der Waals surface area contributed by atoms with E-state index in [-0.39, 0.29) is 5.78 Å². The fraction of sp³-hybridized carbons (Fsp3) is 0.588. The zero-order chi connectivity index (χ0) is 14.8. The molecule has 1 unspecified atom stereocenters. The first-order valence-electron chi connectivity index (χ1n) is 7.94. The van der Waals surface area contributed by atoms with Crippen molar-refractivity contribution in [3.8, 4) is 0 Å². The molecule has 2 saturated heterocycles. The summed E-state index contributed by atoms with van der Waals surface area (Å²) in [6.07, 6.45) is 5.28. The number of anilines is 1. The van der Waals surface area contributed by atoms with Gasteiger partial charge in [0.1, 0.15) is 0 Å². The van der Waals surface area contributed by atoms with E-state index in [0.717, 1.165) is 28.8 Å². The largest absolute Gasteiger partial charge is 0.369 e. The van der Waals surface area contributed by atoms with Gasteiger partial charge in [0.2, 0.25) is 0 Å². The summed E-state index contributed by atoms with van der Waals surface area (Å²) in [7, 11) is 0. The van der Waals surface area contributed by atoms with Gasteiger partial charge in [0, 0.05) is 34.9 Å². The minimum atomic E-state index is 0.146. The number of carbonyl (C=O) groups excluding carboxylic acids is 1. The Bertz CT molecular complexity index is 526. The molecule has 0 bridgehead atoms. The highest BCUT2D eigenvalue weighted by Gasteiger charge is 2.29. The third-order valence-electron chi connectivity index (χ3n) is 4.75. The van der Waals surface area contributed by atoms with Crippen LogP contribution in [0.15, 0.2) is 22.7 Å². The fourth-order valence-electron chi connectivity index (χ4n) is 3.61. The van der Waals surface area contributed by atoms with Crippen molar-refractivity contribution >= 4 is 27.4 Å². The lowest BCUT2D eigenvalue weighted by atomic mass is 10.1. The van der Waals surface area contributed by atoms with Crippen molar-refractivity contribution in [2.45, 2.75) is 38.6 Å². The number of likely N-dealkylation sites (tertiary alicyclic amines) is 1. The van der Waals surface area contributed by atoms with Gasteiger partial charge in [-0.15, -0.1) is 0 Å². The predicted molar refractivity (Wildman–Crippen MR) is 90.2 cm³/mol. The standard InChI is InChI=1S/C17H23BrN2O/c1-13(21)16-11-14(18)5-6-17(16)20-10-7-15(12-20)19-8-3-2-4-9-19/h5-6,11,15H,2-4,7-10,12H2,1H3. The fourth-order valence-corrected chi connectivity index (χ4v) is 3.97. The maximum atomic E-state index is 11.9. The van der Waals surface area contributed by atoms with E-state index in [9.17, 15) is 4.79 Å². The summed E-state index contributed by atoms with van der Waals surface area (Å²) < 4.78 is 0.975. The summed E-state index contributed by atoms with van der Waals surface area (Å²) in [5, 5.41) is 0. The van der Waals surface area contributed by atoms with Gasteiger partial charge in [-0.3, -0.25) is 9.69 Å². The summed E-state index contributed by atoms with van der Waals surface area (Å²) in [5.74, 6) is 0.146. The molecule has 3 nitrogen and oxygen atoms in total. The third-order valence-corrected chi connectivity index (χ3v) is 5.24. The van der Waals surface area contributed by atoms with Crippen LogP contribution >= 0.6 is 15.9 Å². The molecule has 1 atom stereocenters. The van der Waals surface area contributed by atoms with Crippen molar-refractivity contribution in [1.29, 1.82) is 0 Å². The number of halogens is 1. The van der Waals surface area contributed by atoms with Crippen molar-refractivity contribution < 1.29 is 4.79 Å². The lowest BCUT2D eigenvalue weighted by molar-refractivity contribution is 0.101. The van der Waals surface area contributed by atoms with Crippen molar-refractivity contribution in [2.24, 2.45) is 0 Å². The minimum Gasteiger partial charge on any atom is -0.369 e. The zero-order valence-electron chi connectivity index (χ0n) is 12.6. The summed E-state index contributed by atoms with van der Waals surface area (Å²) in [4.78, 5) is 16.9. The van der Waals surface area contributed by atoms with E-state index in [4.69, 9.17) is 0 Å². The number of rotatable bonds is 3. The molecule has 0 amide bonds. The Hall–Kier alpha value is -0.870. The van der Waals surface area contributed by atoms with Gasteiger partial charge in [-0.25, -0.2) is 0 Å². The SMILES string of the molecule is CC(=O)c1cc(Br)ccc1N1CCC(N2CCCCC2)C1. The minimum absolute atomic E-state index is 0.146. The normalized spacial score (nSPS) is 23.5. The first kappa shape index (κ1) is 15.0. The van der Waals surface area contributed by atoms with Gasteiger partial charge in [0.15, 0.2) is 5.78 Å². The van der Waals surface area contributed by atoms with Crippen molar-refractivity contribution in [3.63, 3.8) is 0 Å². The van der Waals surface area contributed by atoms with E-state index in [1.165, 1.54) is 38.8 Å². The highest BCUT2D eigenvalue weighted by molar-refractivity contribution is 9.10. The molecule has 114 valence electrons. The molecule has 0 radical (unpaired) electrons. The molecule has 3 rings (SSSR count). The van der Waals surface area contributed by atoms with Crippen LogP contribution in [0.5, 0.6) is 0 Å². The van der Waals surface area contributed by atoms with Crippen LogP contribution in [0.25, 0.3) is 0 Å². The highest BCUT2D eigenvalue weighted by Crippen LogP contribution is 2.30. The lowest BCUT2D eigenvalue weighted by Gasteiger charge is -2.32. The molecule has 4 heteroatoms. The Morgan fingerprint density at radius 2 is 1.95 bits per heavy atom. The predicted octanol–water partition coefficient (Wildman–Crippen LogP) is 3.72. The molecule has 21 heavy (non-hydrogen) atoms. The third kappa shape index (κ3) is 3.32. The van der Waals surface area contributed by atoms with Gasteiger partial charge in [-0.1, -0.05) is 22.4 Å². The number of hydrogen-bond acceptors (Lipinski definition) is 3. The number of nitrogens with zero attached hydrogens (tertiary/aromatic N) is 2. The number of hydrogen-bond donors (Lipinski definition) is 0. The maximum Gasteiger partial charge on any atom is 0.161 e. The van der Waals surface area contributed by atoms with Crippen molar-refractivity contribution in [2.75, 3.05) is 31.1 Å². The molecular formula is C17H23BrN2O. The van der Waals surface area contributed by atoms with Gasteiger partial charge in [-0.2, -0.15) is 0 Å². The summed E-state index contributed by atoms with van der Waals surface area (Å²) in [6.45, 7) is 6.27. The monoisotopic (exact) mass is 350 g/mol. The number of benzene rings is 1. The Labute approximate surface area is 135 Å².